The molecule has 2 aromatic heterocycles. The molecule has 0 saturated heterocycles. The van der Waals surface area contributed by atoms with Gasteiger partial charge in [-0.25, -0.2) is 9.78 Å². The van der Waals surface area contributed by atoms with Gasteiger partial charge in [0.05, 0.1) is 22.3 Å². The predicted molar refractivity (Wildman–Crippen MR) is 127 cm³/mol. The molecule has 0 N–H and O–H groups in total. The molecule has 0 aliphatic heterocycles. The molecule has 0 spiro atoms. The Morgan fingerprint density at radius 1 is 1.06 bits per heavy atom. The van der Waals surface area contributed by atoms with E-state index < -0.39 is 5.76 Å². The first kappa shape index (κ1) is 20.2. The Kier molecular flexibility index (Phi) is 5.11. The van der Waals surface area contributed by atoms with Crippen molar-refractivity contribution < 1.29 is 9.21 Å². The maximum Gasteiger partial charge on any atom is 0.420 e. The van der Waals surface area contributed by atoms with Gasteiger partial charge in [-0.05, 0) is 48.7 Å². The quantitative estimate of drug-likeness (QED) is 0.381. The van der Waals surface area contributed by atoms with Gasteiger partial charge in [-0.15, -0.1) is 0 Å². The van der Waals surface area contributed by atoms with E-state index in [0.29, 0.717) is 22.8 Å². The summed E-state index contributed by atoms with van der Waals surface area (Å²) in [7, 11) is 0. The number of para-hydroxylation sites is 2. The van der Waals surface area contributed by atoms with Crippen molar-refractivity contribution in [1.82, 2.24) is 9.55 Å². The van der Waals surface area contributed by atoms with Gasteiger partial charge in [0.25, 0.3) is 0 Å². The number of hydrogen-bond donors (Lipinski definition) is 0. The molecule has 0 atom stereocenters. The van der Waals surface area contributed by atoms with Crippen LogP contribution in [0.25, 0.3) is 21.3 Å². The molecule has 1 amide bonds. The second kappa shape index (κ2) is 8.09. The van der Waals surface area contributed by atoms with Crippen LogP contribution in [0.1, 0.15) is 16.7 Å². The van der Waals surface area contributed by atoms with Crippen LogP contribution in [0.4, 0.5) is 5.13 Å². The molecule has 32 heavy (non-hydrogen) atoms. The van der Waals surface area contributed by atoms with Gasteiger partial charge in [0.15, 0.2) is 10.7 Å². The van der Waals surface area contributed by atoms with Crippen LogP contribution in [0.3, 0.4) is 0 Å². The van der Waals surface area contributed by atoms with Crippen LogP contribution in [0.15, 0.2) is 75.9 Å². The van der Waals surface area contributed by atoms with Crippen LogP contribution in [0.5, 0.6) is 0 Å². The standard InChI is InChI=1S/C25H21N3O3S/c1-16-12-17(2)23-21(13-16)32-24(26-23)28(14-18-8-4-3-5-9-18)22(29)15-27-19-10-6-7-11-20(19)31-25(27)30/h3-13H,14-15H2,1-2H3. The Labute approximate surface area is 188 Å². The summed E-state index contributed by atoms with van der Waals surface area (Å²) < 4.78 is 7.71. The summed E-state index contributed by atoms with van der Waals surface area (Å²) in [6.45, 7) is 4.31. The summed E-state index contributed by atoms with van der Waals surface area (Å²) in [6.07, 6.45) is 0. The molecule has 0 radical (unpaired) electrons. The number of thiazole rings is 1. The molecule has 2 heterocycles. The van der Waals surface area contributed by atoms with Gasteiger partial charge in [-0.1, -0.05) is 59.9 Å². The Hall–Kier alpha value is -3.71. The minimum Gasteiger partial charge on any atom is -0.408 e. The molecule has 0 bridgehead atoms. The van der Waals surface area contributed by atoms with E-state index in [1.54, 1.807) is 23.1 Å². The number of aryl methyl sites for hydroxylation is 2. The van der Waals surface area contributed by atoms with E-state index >= 15 is 0 Å². The van der Waals surface area contributed by atoms with Crippen molar-refractivity contribution in [2.75, 3.05) is 4.90 Å². The number of hydrogen-bond acceptors (Lipinski definition) is 5. The van der Waals surface area contributed by atoms with Crippen molar-refractivity contribution in [3.05, 3.63) is 94.0 Å². The summed E-state index contributed by atoms with van der Waals surface area (Å²) in [6, 6.07) is 21.1. The lowest BCUT2D eigenvalue weighted by Crippen LogP contribution is -2.35. The number of oxazole rings is 1. The highest BCUT2D eigenvalue weighted by molar-refractivity contribution is 7.22. The number of amides is 1. The van der Waals surface area contributed by atoms with Gasteiger partial charge in [-0.2, -0.15) is 0 Å². The lowest BCUT2D eigenvalue weighted by atomic mass is 10.1. The minimum atomic E-state index is -0.546. The van der Waals surface area contributed by atoms with E-state index in [1.165, 1.54) is 15.9 Å². The van der Waals surface area contributed by atoms with E-state index in [9.17, 15) is 9.59 Å². The molecule has 3 aromatic carbocycles. The molecule has 5 rings (SSSR count). The maximum absolute atomic E-state index is 13.5. The average Bonchev–Trinajstić information content (AvgIpc) is 3.34. The molecular formula is C25H21N3O3S. The second-order valence-electron chi connectivity index (χ2n) is 7.81. The maximum atomic E-state index is 13.5. The Balaban J connectivity index is 1.56. The van der Waals surface area contributed by atoms with Crippen molar-refractivity contribution in [1.29, 1.82) is 0 Å². The third kappa shape index (κ3) is 3.71. The van der Waals surface area contributed by atoms with Crippen molar-refractivity contribution in [3.8, 4) is 0 Å². The minimum absolute atomic E-state index is 0.128. The highest BCUT2D eigenvalue weighted by Gasteiger charge is 2.23. The summed E-state index contributed by atoms with van der Waals surface area (Å²) in [5, 5.41) is 0.614. The lowest BCUT2D eigenvalue weighted by Gasteiger charge is -2.20. The van der Waals surface area contributed by atoms with Crippen LogP contribution < -0.4 is 10.7 Å². The first-order valence-corrected chi connectivity index (χ1v) is 11.1. The number of nitrogens with zero attached hydrogens (tertiary/aromatic N) is 3. The van der Waals surface area contributed by atoms with E-state index in [0.717, 1.165) is 26.9 Å². The monoisotopic (exact) mass is 443 g/mol. The fourth-order valence-corrected chi connectivity index (χ4v) is 5.05. The molecule has 0 fully saturated rings. The number of fused-ring (bicyclic) bond motifs is 2. The molecule has 0 saturated carbocycles. The van der Waals surface area contributed by atoms with Crippen LogP contribution in [-0.2, 0) is 17.9 Å². The highest BCUT2D eigenvalue weighted by atomic mass is 32.1. The van der Waals surface area contributed by atoms with Gasteiger partial charge in [-0.3, -0.25) is 14.3 Å². The first-order valence-electron chi connectivity index (χ1n) is 10.3. The van der Waals surface area contributed by atoms with Crippen molar-refractivity contribution in [3.63, 3.8) is 0 Å². The molecular weight excluding hydrogens is 422 g/mol. The van der Waals surface area contributed by atoms with Crippen molar-refractivity contribution in [2.45, 2.75) is 26.9 Å². The average molecular weight is 444 g/mol. The smallest absolute Gasteiger partial charge is 0.408 e. The molecule has 0 aliphatic rings. The Morgan fingerprint density at radius 3 is 2.62 bits per heavy atom. The van der Waals surface area contributed by atoms with E-state index in [2.05, 4.69) is 19.1 Å². The third-order valence-corrected chi connectivity index (χ3v) is 6.43. The normalized spacial score (nSPS) is 11.3. The third-order valence-electron chi connectivity index (χ3n) is 5.40. The van der Waals surface area contributed by atoms with Gasteiger partial charge in [0.2, 0.25) is 5.91 Å². The SMILES string of the molecule is Cc1cc(C)c2nc(N(Cc3ccccc3)C(=O)Cn3c(=O)oc4ccccc43)sc2c1. The largest absolute Gasteiger partial charge is 0.420 e. The number of benzene rings is 3. The van der Waals surface area contributed by atoms with Crippen LogP contribution in [0.2, 0.25) is 0 Å². The first-order chi connectivity index (χ1) is 15.5. The number of aromatic nitrogens is 2. The molecule has 7 heteroatoms. The molecule has 160 valence electrons. The molecule has 0 aliphatic carbocycles. The summed E-state index contributed by atoms with van der Waals surface area (Å²) >= 11 is 1.48. The zero-order chi connectivity index (χ0) is 22.2. The zero-order valence-electron chi connectivity index (χ0n) is 17.7. The van der Waals surface area contributed by atoms with Gasteiger partial charge < -0.3 is 4.42 Å². The van der Waals surface area contributed by atoms with Gasteiger partial charge in [0, 0.05) is 0 Å². The highest BCUT2D eigenvalue weighted by Crippen LogP contribution is 2.32. The zero-order valence-corrected chi connectivity index (χ0v) is 18.6. The van der Waals surface area contributed by atoms with Crippen molar-refractivity contribution >= 4 is 43.7 Å². The summed E-state index contributed by atoms with van der Waals surface area (Å²) in [5.74, 6) is -0.772. The number of anilines is 1. The number of carbonyl (C=O) groups is 1. The summed E-state index contributed by atoms with van der Waals surface area (Å²) in [4.78, 5) is 32.4. The fraction of sp³-hybridized carbons (Fsp3) is 0.160. The molecule has 6 nitrogen and oxygen atoms in total. The summed E-state index contributed by atoms with van der Waals surface area (Å²) in [5.41, 5.74) is 5.17. The van der Waals surface area contributed by atoms with E-state index in [4.69, 9.17) is 9.40 Å². The number of rotatable bonds is 5. The molecule has 5 aromatic rings. The van der Waals surface area contributed by atoms with Crippen molar-refractivity contribution in [2.24, 2.45) is 0 Å². The Bertz CT molecular complexity index is 1500. The number of carbonyl (C=O) groups excluding carboxylic acids is 1. The van der Waals surface area contributed by atoms with E-state index in [-0.39, 0.29) is 12.5 Å². The van der Waals surface area contributed by atoms with Crippen LogP contribution >= 0.6 is 11.3 Å². The topological polar surface area (TPSA) is 68.3 Å². The Morgan fingerprint density at radius 2 is 1.81 bits per heavy atom. The van der Waals surface area contributed by atoms with Gasteiger partial charge in [0.1, 0.15) is 6.54 Å². The predicted octanol–water partition coefficient (Wildman–Crippen LogP) is 5.05. The van der Waals surface area contributed by atoms with E-state index in [1.807, 2.05) is 43.3 Å². The van der Waals surface area contributed by atoms with Crippen LogP contribution in [0, 0.1) is 13.8 Å². The lowest BCUT2D eigenvalue weighted by molar-refractivity contribution is -0.119. The van der Waals surface area contributed by atoms with Crippen LogP contribution in [-0.4, -0.2) is 15.5 Å². The molecule has 0 unspecified atom stereocenters. The fourth-order valence-electron chi connectivity index (χ4n) is 3.89. The second-order valence-corrected chi connectivity index (χ2v) is 8.82. The van der Waals surface area contributed by atoms with Gasteiger partial charge >= 0.3 is 5.76 Å².